The van der Waals surface area contributed by atoms with Gasteiger partial charge in [0, 0.05) is 18.0 Å². The average Bonchev–Trinajstić information content (AvgIpc) is 2.91. The number of aryl methyl sites for hydroxylation is 1. The van der Waals surface area contributed by atoms with Gasteiger partial charge in [0.25, 0.3) is 0 Å². The second-order valence-electron chi connectivity index (χ2n) is 5.42. The summed E-state index contributed by atoms with van der Waals surface area (Å²) in [4.78, 5) is 11.0. The summed E-state index contributed by atoms with van der Waals surface area (Å²) in [6, 6.07) is 2.17. The Morgan fingerprint density at radius 3 is 3.10 bits per heavy atom. The van der Waals surface area contributed by atoms with Crippen molar-refractivity contribution in [2.75, 3.05) is 24.2 Å². The summed E-state index contributed by atoms with van der Waals surface area (Å²) in [6.07, 6.45) is 6.05. The molecular formula is C15H22N4OS. The van der Waals surface area contributed by atoms with Crippen LogP contribution in [-0.2, 0) is 11.2 Å². The molecule has 0 radical (unpaired) electrons. The second-order valence-corrected chi connectivity index (χ2v) is 6.53. The van der Waals surface area contributed by atoms with Crippen LogP contribution in [-0.4, -0.2) is 29.2 Å². The van der Waals surface area contributed by atoms with Crippen LogP contribution in [0.2, 0.25) is 0 Å². The fraction of sp³-hybridized carbons (Fsp3) is 0.600. The van der Waals surface area contributed by atoms with Gasteiger partial charge in [0.2, 0.25) is 5.95 Å². The Hall–Kier alpha value is -1.40. The summed E-state index contributed by atoms with van der Waals surface area (Å²) in [5.41, 5.74) is 5.81. The lowest BCUT2D eigenvalue weighted by atomic mass is 10.1. The predicted molar refractivity (Wildman–Crippen MR) is 87.9 cm³/mol. The zero-order chi connectivity index (χ0) is 14.7. The van der Waals surface area contributed by atoms with Crippen molar-refractivity contribution in [3.05, 3.63) is 10.9 Å². The topological polar surface area (TPSA) is 73.1 Å². The zero-order valence-corrected chi connectivity index (χ0v) is 13.2. The predicted octanol–water partition coefficient (Wildman–Crippen LogP) is 3.21. The Bertz CT molecular complexity index is 607. The lowest BCUT2D eigenvalue weighted by molar-refractivity contribution is 0.0134. The van der Waals surface area contributed by atoms with Crippen LogP contribution in [0.25, 0.3) is 10.2 Å². The SMILES string of the molecule is CCc1cc2c(NCCC3CCCCO3)nc(N)nc2s1. The maximum atomic E-state index is 5.81. The molecule has 1 saturated heterocycles. The van der Waals surface area contributed by atoms with Gasteiger partial charge >= 0.3 is 0 Å². The van der Waals surface area contributed by atoms with E-state index in [0.717, 1.165) is 42.0 Å². The highest BCUT2D eigenvalue weighted by Gasteiger charge is 2.14. The normalized spacial score (nSPS) is 19.0. The van der Waals surface area contributed by atoms with Crippen LogP contribution in [0.3, 0.4) is 0 Å². The van der Waals surface area contributed by atoms with Crippen molar-refractivity contribution < 1.29 is 4.74 Å². The molecule has 0 bridgehead atoms. The fourth-order valence-electron chi connectivity index (χ4n) is 2.68. The molecule has 0 saturated carbocycles. The van der Waals surface area contributed by atoms with Gasteiger partial charge in [-0.1, -0.05) is 6.92 Å². The van der Waals surface area contributed by atoms with Gasteiger partial charge in [0.05, 0.1) is 11.5 Å². The number of thiophene rings is 1. The molecule has 1 aliphatic rings. The largest absolute Gasteiger partial charge is 0.378 e. The van der Waals surface area contributed by atoms with E-state index in [1.54, 1.807) is 11.3 Å². The molecule has 5 nitrogen and oxygen atoms in total. The molecule has 3 heterocycles. The average molecular weight is 306 g/mol. The first-order valence-corrected chi connectivity index (χ1v) is 8.49. The summed E-state index contributed by atoms with van der Waals surface area (Å²) < 4.78 is 5.75. The quantitative estimate of drug-likeness (QED) is 0.887. The molecule has 1 atom stereocenters. The van der Waals surface area contributed by atoms with Gasteiger partial charge in [-0.3, -0.25) is 0 Å². The number of fused-ring (bicyclic) bond motifs is 1. The Kier molecular flexibility index (Phi) is 4.55. The third kappa shape index (κ3) is 3.44. The third-order valence-electron chi connectivity index (χ3n) is 3.84. The molecule has 2 aromatic rings. The summed E-state index contributed by atoms with van der Waals surface area (Å²) in [6.45, 7) is 3.91. The van der Waals surface area contributed by atoms with Gasteiger partial charge in [-0.2, -0.15) is 4.98 Å². The first kappa shape index (κ1) is 14.5. The number of ether oxygens (including phenoxy) is 1. The van der Waals surface area contributed by atoms with Crippen molar-refractivity contribution >= 4 is 33.3 Å². The summed E-state index contributed by atoms with van der Waals surface area (Å²) in [7, 11) is 0. The summed E-state index contributed by atoms with van der Waals surface area (Å²) in [5.74, 6) is 1.19. The van der Waals surface area contributed by atoms with Crippen molar-refractivity contribution in [1.29, 1.82) is 0 Å². The number of nitrogens with zero attached hydrogens (tertiary/aromatic N) is 2. The molecular weight excluding hydrogens is 284 g/mol. The van der Waals surface area contributed by atoms with Gasteiger partial charge in [-0.25, -0.2) is 4.98 Å². The van der Waals surface area contributed by atoms with E-state index in [0.29, 0.717) is 12.1 Å². The second kappa shape index (κ2) is 6.58. The number of rotatable bonds is 5. The Labute approximate surface area is 128 Å². The standard InChI is InChI=1S/C15H22N4OS/c1-2-11-9-12-13(18-15(16)19-14(12)21-11)17-7-6-10-5-3-4-8-20-10/h9-10H,2-8H2,1H3,(H3,16,17,18,19). The minimum atomic E-state index is 0.336. The van der Waals surface area contributed by atoms with Gasteiger partial charge in [-0.05, 0) is 38.2 Å². The molecule has 3 N–H and O–H groups in total. The number of nitrogens with two attached hydrogens (primary N) is 1. The van der Waals surface area contributed by atoms with E-state index < -0.39 is 0 Å². The van der Waals surface area contributed by atoms with Gasteiger partial charge in [0.15, 0.2) is 0 Å². The van der Waals surface area contributed by atoms with E-state index in [9.17, 15) is 0 Å². The molecule has 0 aromatic carbocycles. The van der Waals surface area contributed by atoms with Crippen molar-refractivity contribution in [1.82, 2.24) is 9.97 Å². The monoisotopic (exact) mass is 306 g/mol. The first-order chi connectivity index (χ1) is 10.3. The molecule has 114 valence electrons. The molecule has 0 amide bonds. The molecule has 1 fully saturated rings. The van der Waals surface area contributed by atoms with Crippen LogP contribution < -0.4 is 11.1 Å². The summed E-state index contributed by atoms with van der Waals surface area (Å²) >= 11 is 1.69. The van der Waals surface area contributed by atoms with Crippen LogP contribution in [0.4, 0.5) is 11.8 Å². The molecule has 0 aliphatic carbocycles. The minimum absolute atomic E-state index is 0.336. The van der Waals surface area contributed by atoms with Gasteiger partial charge in [0.1, 0.15) is 10.6 Å². The van der Waals surface area contributed by atoms with E-state index in [1.165, 1.54) is 24.1 Å². The molecule has 2 aromatic heterocycles. The highest BCUT2D eigenvalue weighted by atomic mass is 32.1. The van der Waals surface area contributed by atoms with Crippen molar-refractivity contribution in [3.8, 4) is 0 Å². The highest BCUT2D eigenvalue weighted by Crippen LogP contribution is 2.30. The molecule has 21 heavy (non-hydrogen) atoms. The number of hydrogen-bond donors (Lipinski definition) is 2. The van der Waals surface area contributed by atoms with Crippen LogP contribution >= 0.6 is 11.3 Å². The van der Waals surface area contributed by atoms with Crippen LogP contribution in [0.1, 0.15) is 37.5 Å². The van der Waals surface area contributed by atoms with Crippen LogP contribution in [0.5, 0.6) is 0 Å². The van der Waals surface area contributed by atoms with Crippen molar-refractivity contribution in [3.63, 3.8) is 0 Å². The Balaban J connectivity index is 1.69. The van der Waals surface area contributed by atoms with E-state index in [1.807, 2.05) is 0 Å². The van der Waals surface area contributed by atoms with E-state index in [-0.39, 0.29) is 0 Å². The van der Waals surface area contributed by atoms with E-state index >= 15 is 0 Å². The number of nitrogen functional groups attached to an aromatic ring is 1. The molecule has 1 aliphatic heterocycles. The minimum Gasteiger partial charge on any atom is -0.378 e. The van der Waals surface area contributed by atoms with Gasteiger partial charge in [-0.15, -0.1) is 11.3 Å². The fourth-order valence-corrected chi connectivity index (χ4v) is 3.66. The summed E-state index contributed by atoms with van der Waals surface area (Å²) in [5, 5.41) is 4.49. The molecule has 0 spiro atoms. The highest BCUT2D eigenvalue weighted by molar-refractivity contribution is 7.18. The number of anilines is 2. The number of hydrogen-bond acceptors (Lipinski definition) is 6. The van der Waals surface area contributed by atoms with E-state index in [2.05, 4.69) is 28.3 Å². The van der Waals surface area contributed by atoms with E-state index in [4.69, 9.17) is 10.5 Å². The Morgan fingerprint density at radius 2 is 2.33 bits per heavy atom. The molecule has 6 heteroatoms. The van der Waals surface area contributed by atoms with Crippen molar-refractivity contribution in [2.45, 2.75) is 45.1 Å². The number of nitrogens with one attached hydrogen (secondary N) is 1. The maximum absolute atomic E-state index is 5.81. The molecule has 1 unspecified atom stereocenters. The lowest BCUT2D eigenvalue weighted by Gasteiger charge is -2.22. The van der Waals surface area contributed by atoms with Crippen molar-refractivity contribution in [2.24, 2.45) is 0 Å². The van der Waals surface area contributed by atoms with Gasteiger partial charge < -0.3 is 15.8 Å². The van der Waals surface area contributed by atoms with Crippen LogP contribution in [0, 0.1) is 0 Å². The smallest absolute Gasteiger partial charge is 0.223 e. The van der Waals surface area contributed by atoms with Crippen LogP contribution in [0.15, 0.2) is 6.07 Å². The molecule has 3 rings (SSSR count). The first-order valence-electron chi connectivity index (χ1n) is 7.67. The number of aromatic nitrogens is 2. The Morgan fingerprint density at radius 1 is 1.43 bits per heavy atom. The maximum Gasteiger partial charge on any atom is 0.223 e. The third-order valence-corrected chi connectivity index (χ3v) is 5.02. The zero-order valence-electron chi connectivity index (χ0n) is 12.4. The lowest BCUT2D eigenvalue weighted by Crippen LogP contribution is -2.22.